The number of allylic oxidation sites excluding steroid dienone is 1. The van der Waals surface area contributed by atoms with Crippen molar-refractivity contribution in [1.82, 2.24) is 0 Å². The van der Waals surface area contributed by atoms with Gasteiger partial charge in [-0.1, -0.05) is 61.5 Å². The summed E-state index contributed by atoms with van der Waals surface area (Å²) < 4.78 is 4.84. The van der Waals surface area contributed by atoms with Crippen LogP contribution in [0.15, 0.2) is 90.1 Å². The molecule has 0 bridgehead atoms. The molecule has 2 atom stereocenters. The third-order valence-electron chi connectivity index (χ3n) is 6.98. The van der Waals surface area contributed by atoms with E-state index in [1.54, 1.807) is 17.0 Å². The molecule has 1 amide bonds. The van der Waals surface area contributed by atoms with Crippen LogP contribution in [0.1, 0.15) is 59.6 Å². The highest BCUT2D eigenvalue weighted by molar-refractivity contribution is 6.06. The first-order valence-corrected chi connectivity index (χ1v) is 12.2. The lowest BCUT2D eigenvalue weighted by molar-refractivity contribution is -0.119. The van der Waals surface area contributed by atoms with Crippen LogP contribution in [0.4, 0.5) is 11.4 Å². The van der Waals surface area contributed by atoms with E-state index in [0.29, 0.717) is 24.0 Å². The zero-order valence-electron chi connectivity index (χ0n) is 20.4. The number of hydrogen-bond donors (Lipinski definition) is 1. The van der Waals surface area contributed by atoms with E-state index in [0.717, 1.165) is 28.2 Å². The van der Waals surface area contributed by atoms with Crippen molar-refractivity contribution < 1.29 is 19.1 Å². The fourth-order valence-corrected chi connectivity index (χ4v) is 5.23. The third-order valence-corrected chi connectivity index (χ3v) is 6.98. The van der Waals surface area contributed by atoms with Gasteiger partial charge in [-0.15, -0.1) is 0 Å². The average molecular weight is 481 g/mol. The Balaban J connectivity index is 1.69. The number of ether oxygens (including phenoxy) is 1. The number of carbonyl (C=O) groups is 3. The van der Waals surface area contributed by atoms with Crippen LogP contribution in [0.3, 0.4) is 0 Å². The summed E-state index contributed by atoms with van der Waals surface area (Å²) in [5.41, 5.74) is 5.26. The lowest BCUT2D eigenvalue weighted by Crippen LogP contribution is -2.38. The van der Waals surface area contributed by atoms with Gasteiger partial charge < -0.3 is 10.1 Å². The predicted molar refractivity (Wildman–Crippen MR) is 139 cm³/mol. The van der Waals surface area contributed by atoms with E-state index in [1.165, 1.54) is 7.11 Å². The number of amides is 1. The maximum atomic E-state index is 13.9. The van der Waals surface area contributed by atoms with Gasteiger partial charge in [-0.2, -0.15) is 0 Å². The van der Waals surface area contributed by atoms with Gasteiger partial charge in [-0.3, -0.25) is 14.5 Å². The number of para-hydroxylation sites is 2. The highest BCUT2D eigenvalue weighted by Crippen LogP contribution is 2.47. The number of methoxy groups -OCH3 is 1. The van der Waals surface area contributed by atoms with Crippen molar-refractivity contribution in [1.29, 1.82) is 0 Å². The molecule has 1 aliphatic carbocycles. The van der Waals surface area contributed by atoms with Crippen molar-refractivity contribution in [3.63, 3.8) is 0 Å². The number of rotatable bonds is 4. The number of nitrogens with one attached hydrogen (secondary N) is 1. The van der Waals surface area contributed by atoms with Crippen LogP contribution in [0.2, 0.25) is 0 Å². The topological polar surface area (TPSA) is 75.7 Å². The van der Waals surface area contributed by atoms with Crippen molar-refractivity contribution in [2.24, 2.45) is 0 Å². The number of ketones is 1. The molecule has 2 aliphatic rings. The maximum Gasteiger partial charge on any atom is 0.337 e. The van der Waals surface area contributed by atoms with Crippen LogP contribution in [0, 0.1) is 0 Å². The van der Waals surface area contributed by atoms with Crippen LogP contribution >= 0.6 is 0 Å². The number of anilines is 2. The number of nitrogens with zero attached hydrogens (tertiary/aromatic N) is 1. The number of fused-ring (bicyclic) bond motifs is 1. The molecule has 1 heterocycles. The summed E-state index contributed by atoms with van der Waals surface area (Å²) in [6, 6.07) is 24.1. The minimum Gasteiger partial charge on any atom is -0.465 e. The summed E-state index contributed by atoms with van der Waals surface area (Å²) in [4.78, 5) is 41.1. The minimum absolute atomic E-state index is 0.0151. The summed E-state index contributed by atoms with van der Waals surface area (Å²) in [6.07, 6.45) is 1.31. The second-order valence-electron chi connectivity index (χ2n) is 9.11. The molecule has 0 saturated carbocycles. The fraction of sp³-hybridized carbons (Fsp3) is 0.233. The Morgan fingerprint density at radius 3 is 2.31 bits per heavy atom. The van der Waals surface area contributed by atoms with Crippen LogP contribution in [0.5, 0.6) is 0 Å². The first-order chi connectivity index (χ1) is 17.5. The molecule has 36 heavy (non-hydrogen) atoms. The first-order valence-electron chi connectivity index (χ1n) is 12.2. The van der Waals surface area contributed by atoms with Crippen molar-refractivity contribution in [3.05, 3.63) is 107 Å². The van der Waals surface area contributed by atoms with E-state index in [9.17, 15) is 14.4 Å². The SMILES string of the molecule is CCC(=O)N1c2ccccc2NC2=C(C(=O)C[C@@H](c3ccccc3)C2)[C@@H]1c1ccc(C(=O)OC)cc1. The van der Waals surface area contributed by atoms with Gasteiger partial charge in [0.05, 0.1) is 30.1 Å². The molecule has 6 nitrogen and oxygen atoms in total. The Morgan fingerprint density at radius 1 is 0.917 bits per heavy atom. The molecule has 1 aliphatic heterocycles. The largest absolute Gasteiger partial charge is 0.465 e. The monoisotopic (exact) mass is 480 g/mol. The molecule has 0 radical (unpaired) electrons. The molecule has 0 unspecified atom stereocenters. The molecule has 0 aromatic heterocycles. The van der Waals surface area contributed by atoms with Gasteiger partial charge in [0.15, 0.2) is 5.78 Å². The van der Waals surface area contributed by atoms with Crippen LogP contribution in [-0.2, 0) is 14.3 Å². The lowest BCUT2D eigenvalue weighted by atomic mass is 9.78. The predicted octanol–water partition coefficient (Wildman–Crippen LogP) is 5.78. The Bertz CT molecular complexity index is 1340. The second kappa shape index (κ2) is 9.82. The molecular weight excluding hydrogens is 452 g/mol. The van der Waals surface area contributed by atoms with E-state index in [-0.39, 0.29) is 24.0 Å². The molecule has 1 N–H and O–H groups in total. The van der Waals surface area contributed by atoms with Gasteiger partial charge in [0.1, 0.15) is 0 Å². The van der Waals surface area contributed by atoms with Gasteiger partial charge in [0.25, 0.3) is 0 Å². The minimum atomic E-state index is -0.612. The molecule has 182 valence electrons. The normalized spacial score (nSPS) is 19.1. The number of carbonyl (C=O) groups excluding carboxylic acids is 3. The Kier molecular flexibility index (Phi) is 6.42. The zero-order valence-corrected chi connectivity index (χ0v) is 20.4. The van der Waals surface area contributed by atoms with E-state index in [2.05, 4.69) is 17.4 Å². The summed E-state index contributed by atoms with van der Waals surface area (Å²) in [5, 5.41) is 3.53. The van der Waals surface area contributed by atoms with Gasteiger partial charge >= 0.3 is 5.97 Å². The molecular formula is C30H28N2O4. The summed E-state index contributed by atoms with van der Waals surface area (Å²) in [6.45, 7) is 1.82. The average Bonchev–Trinajstić information content (AvgIpc) is 3.07. The van der Waals surface area contributed by atoms with Crippen LogP contribution in [-0.4, -0.2) is 24.8 Å². The lowest BCUT2D eigenvalue weighted by Gasteiger charge is -2.35. The van der Waals surface area contributed by atoms with E-state index in [4.69, 9.17) is 4.74 Å². The van der Waals surface area contributed by atoms with Gasteiger partial charge in [-0.05, 0) is 47.7 Å². The zero-order chi connectivity index (χ0) is 25.2. The number of benzene rings is 3. The first kappa shape index (κ1) is 23.5. The smallest absolute Gasteiger partial charge is 0.337 e. The molecule has 0 spiro atoms. The molecule has 3 aromatic rings. The molecule has 3 aromatic carbocycles. The highest BCUT2D eigenvalue weighted by atomic mass is 16.5. The Labute approximate surface area is 210 Å². The van der Waals surface area contributed by atoms with E-state index >= 15 is 0 Å². The molecule has 0 fully saturated rings. The van der Waals surface area contributed by atoms with Crippen molar-refractivity contribution in [3.8, 4) is 0 Å². The number of hydrogen-bond acceptors (Lipinski definition) is 5. The third kappa shape index (κ3) is 4.19. The number of esters is 1. The molecule has 6 heteroatoms. The van der Waals surface area contributed by atoms with Crippen molar-refractivity contribution in [2.75, 3.05) is 17.3 Å². The second-order valence-corrected chi connectivity index (χ2v) is 9.11. The summed E-state index contributed by atoms with van der Waals surface area (Å²) in [7, 11) is 1.34. The number of Topliss-reactive ketones (excluding diaryl/α,β-unsaturated/α-hetero) is 1. The van der Waals surface area contributed by atoms with Crippen molar-refractivity contribution >= 4 is 29.0 Å². The Morgan fingerprint density at radius 2 is 1.61 bits per heavy atom. The standard InChI is InChI=1S/C30H28N2O4/c1-3-27(34)32-25-12-8-7-11-23(25)31-24-17-22(19-9-5-4-6-10-19)18-26(33)28(24)29(32)20-13-15-21(16-14-20)30(35)36-2/h4-16,22,29,31H,3,17-18H2,1-2H3/t22-,29-/m0/s1. The quantitative estimate of drug-likeness (QED) is 0.479. The summed E-state index contributed by atoms with van der Waals surface area (Å²) in [5.74, 6) is -0.456. The van der Waals surface area contributed by atoms with Gasteiger partial charge in [0, 0.05) is 24.1 Å². The van der Waals surface area contributed by atoms with Gasteiger partial charge in [0.2, 0.25) is 5.91 Å². The van der Waals surface area contributed by atoms with E-state index in [1.807, 2.05) is 61.5 Å². The van der Waals surface area contributed by atoms with Crippen LogP contribution in [0.25, 0.3) is 0 Å². The van der Waals surface area contributed by atoms with Crippen LogP contribution < -0.4 is 10.2 Å². The molecule has 5 rings (SSSR count). The summed E-state index contributed by atoms with van der Waals surface area (Å²) >= 11 is 0. The highest BCUT2D eigenvalue weighted by Gasteiger charge is 2.41. The van der Waals surface area contributed by atoms with E-state index < -0.39 is 12.0 Å². The fourth-order valence-electron chi connectivity index (χ4n) is 5.23. The van der Waals surface area contributed by atoms with Crippen molar-refractivity contribution in [2.45, 2.75) is 38.1 Å². The Hall–Kier alpha value is -4.19. The van der Waals surface area contributed by atoms with Gasteiger partial charge in [-0.25, -0.2) is 4.79 Å². The molecule has 0 saturated heterocycles. The maximum absolute atomic E-state index is 13.9.